The van der Waals surface area contributed by atoms with E-state index in [0.29, 0.717) is 6.10 Å². The van der Waals surface area contributed by atoms with Crippen LogP contribution < -0.4 is 5.32 Å². The van der Waals surface area contributed by atoms with Crippen LogP contribution in [0.4, 0.5) is 0 Å². The Morgan fingerprint density at radius 3 is 3.25 bits per heavy atom. The van der Waals surface area contributed by atoms with Crippen molar-refractivity contribution in [2.75, 3.05) is 6.54 Å². The number of ether oxygens (including phenoxy) is 1. The van der Waals surface area contributed by atoms with Crippen LogP contribution in [-0.2, 0) is 11.3 Å². The van der Waals surface area contributed by atoms with Gasteiger partial charge in [0.25, 0.3) is 0 Å². The number of pyridine rings is 1. The number of nitrogens with zero attached hydrogens (tertiary/aromatic N) is 1. The minimum Gasteiger partial charge on any atom is -0.497 e. The normalized spacial score (nSPS) is 19.4. The largest absolute Gasteiger partial charge is 0.497 e. The molecule has 1 aliphatic heterocycles. The molecule has 2 heterocycles. The lowest BCUT2D eigenvalue weighted by atomic mass is 10.1. The van der Waals surface area contributed by atoms with Gasteiger partial charge in [-0.15, -0.1) is 0 Å². The highest BCUT2D eigenvalue weighted by Gasteiger charge is 2.09. The minimum atomic E-state index is 0.321. The smallest absolute Gasteiger partial charge is 0.110 e. The van der Waals surface area contributed by atoms with Gasteiger partial charge in [0, 0.05) is 25.5 Å². The molecule has 0 fully saturated rings. The molecule has 1 aromatic rings. The number of aromatic nitrogens is 1. The Morgan fingerprint density at radius 1 is 1.56 bits per heavy atom. The molecule has 0 saturated heterocycles. The van der Waals surface area contributed by atoms with Gasteiger partial charge < -0.3 is 10.1 Å². The Morgan fingerprint density at radius 2 is 2.50 bits per heavy atom. The molecule has 3 heteroatoms. The maximum absolute atomic E-state index is 5.49. The number of rotatable bonds is 4. The van der Waals surface area contributed by atoms with Crippen LogP contribution in [0.15, 0.2) is 30.8 Å². The van der Waals surface area contributed by atoms with Crippen molar-refractivity contribution in [3.8, 4) is 0 Å². The summed E-state index contributed by atoms with van der Waals surface area (Å²) in [6.07, 6.45) is 10.2. The second kappa shape index (κ2) is 5.66. The summed E-state index contributed by atoms with van der Waals surface area (Å²) >= 11 is 0. The average Bonchev–Trinajstić information content (AvgIpc) is 2.33. The standard InChI is InChI=1S/C13H18N2O/c1-11-5-6-14-8-12(11)9-15-10-13-4-2-3-7-16-13/h3,5-8,13,15H,2,4,9-10H2,1H3. The fourth-order valence-electron chi connectivity index (χ4n) is 1.78. The molecule has 1 atom stereocenters. The van der Waals surface area contributed by atoms with Crippen LogP contribution in [0.25, 0.3) is 0 Å². The summed E-state index contributed by atoms with van der Waals surface area (Å²) in [5.74, 6) is 0. The number of hydrogen-bond donors (Lipinski definition) is 1. The maximum Gasteiger partial charge on any atom is 0.110 e. The molecule has 0 aliphatic carbocycles. The van der Waals surface area contributed by atoms with E-state index in [4.69, 9.17) is 4.74 Å². The van der Waals surface area contributed by atoms with Gasteiger partial charge in [-0.1, -0.05) is 0 Å². The zero-order valence-electron chi connectivity index (χ0n) is 9.65. The molecule has 3 nitrogen and oxygen atoms in total. The molecule has 16 heavy (non-hydrogen) atoms. The van der Waals surface area contributed by atoms with Gasteiger partial charge in [0.1, 0.15) is 6.10 Å². The molecule has 0 saturated carbocycles. The Balaban J connectivity index is 1.75. The predicted octanol–water partition coefficient (Wildman–Crippen LogP) is 2.17. The van der Waals surface area contributed by atoms with Crippen LogP contribution in [0.2, 0.25) is 0 Å². The second-order valence-corrected chi connectivity index (χ2v) is 4.14. The molecule has 86 valence electrons. The lowest BCUT2D eigenvalue weighted by molar-refractivity contribution is 0.122. The van der Waals surface area contributed by atoms with Crippen molar-refractivity contribution in [3.63, 3.8) is 0 Å². The summed E-state index contributed by atoms with van der Waals surface area (Å²) in [5, 5.41) is 3.41. The van der Waals surface area contributed by atoms with Crippen molar-refractivity contribution in [1.82, 2.24) is 10.3 Å². The van der Waals surface area contributed by atoms with Crippen LogP contribution in [0.3, 0.4) is 0 Å². The molecule has 1 N–H and O–H groups in total. The van der Waals surface area contributed by atoms with E-state index in [9.17, 15) is 0 Å². The average molecular weight is 218 g/mol. The van der Waals surface area contributed by atoms with E-state index in [-0.39, 0.29) is 0 Å². The Bertz CT molecular complexity index is 363. The highest BCUT2D eigenvalue weighted by molar-refractivity contribution is 5.20. The van der Waals surface area contributed by atoms with Crippen molar-refractivity contribution >= 4 is 0 Å². The van der Waals surface area contributed by atoms with E-state index in [2.05, 4.69) is 23.3 Å². The van der Waals surface area contributed by atoms with Crippen molar-refractivity contribution in [2.45, 2.75) is 32.4 Å². The summed E-state index contributed by atoms with van der Waals surface area (Å²) in [7, 11) is 0. The van der Waals surface area contributed by atoms with Gasteiger partial charge >= 0.3 is 0 Å². The van der Waals surface area contributed by atoms with Crippen LogP contribution in [0.5, 0.6) is 0 Å². The van der Waals surface area contributed by atoms with Crippen LogP contribution in [0, 0.1) is 6.92 Å². The maximum atomic E-state index is 5.49. The third-order valence-corrected chi connectivity index (χ3v) is 2.86. The van der Waals surface area contributed by atoms with Gasteiger partial charge in [0.15, 0.2) is 0 Å². The molecular weight excluding hydrogens is 200 g/mol. The summed E-state index contributed by atoms with van der Waals surface area (Å²) < 4.78 is 5.49. The van der Waals surface area contributed by atoms with Gasteiger partial charge in [-0.25, -0.2) is 0 Å². The number of aryl methyl sites for hydroxylation is 1. The summed E-state index contributed by atoms with van der Waals surface area (Å²) in [6.45, 7) is 3.88. The van der Waals surface area contributed by atoms with Crippen molar-refractivity contribution in [2.24, 2.45) is 0 Å². The zero-order chi connectivity index (χ0) is 11.2. The second-order valence-electron chi connectivity index (χ2n) is 4.14. The predicted molar refractivity (Wildman–Crippen MR) is 63.9 cm³/mol. The number of allylic oxidation sites excluding steroid dienone is 1. The lowest BCUT2D eigenvalue weighted by Gasteiger charge is -2.19. The summed E-state index contributed by atoms with van der Waals surface area (Å²) in [6, 6.07) is 2.04. The summed E-state index contributed by atoms with van der Waals surface area (Å²) in [5.41, 5.74) is 2.54. The molecule has 0 spiro atoms. The SMILES string of the molecule is Cc1ccncc1CNCC1CCC=CO1. The van der Waals surface area contributed by atoms with E-state index in [0.717, 1.165) is 25.9 Å². The molecule has 0 amide bonds. The van der Waals surface area contributed by atoms with Gasteiger partial charge in [-0.3, -0.25) is 4.98 Å². The highest BCUT2D eigenvalue weighted by Crippen LogP contribution is 2.09. The van der Waals surface area contributed by atoms with E-state index < -0.39 is 0 Å². The quantitative estimate of drug-likeness (QED) is 0.841. The first kappa shape index (κ1) is 11.1. The molecule has 1 unspecified atom stereocenters. The number of hydrogen-bond acceptors (Lipinski definition) is 3. The van der Waals surface area contributed by atoms with Crippen molar-refractivity contribution in [3.05, 3.63) is 41.9 Å². The Labute approximate surface area is 96.5 Å². The Hall–Kier alpha value is -1.35. The topological polar surface area (TPSA) is 34.2 Å². The molecule has 0 radical (unpaired) electrons. The van der Waals surface area contributed by atoms with Gasteiger partial charge in [-0.2, -0.15) is 0 Å². The third-order valence-electron chi connectivity index (χ3n) is 2.86. The summed E-state index contributed by atoms with van der Waals surface area (Å²) in [4.78, 5) is 4.13. The highest BCUT2D eigenvalue weighted by atomic mass is 16.5. The molecule has 0 bridgehead atoms. The van der Waals surface area contributed by atoms with Crippen LogP contribution in [0.1, 0.15) is 24.0 Å². The lowest BCUT2D eigenvalue weighted by Crippen LogP contribution is -2.29. The molecular formula is C13H18N2O. The van der Waals surface area contributed by atoms with Crippen molar-refractivity contribution in [1.29, 1.82) is 0 Å². The Kier molecular flexibility index (Phi) is 3.94. The van der Waals surface area contributed by atoms with Crippen molar-refractivity contribution < 1.29 is 4.74 Å². The van der Waals surface area contributed by atoms with E-state index >= 15 is 0 Å². The van der Waals surface area contributed by atoms with Gasteiger partial charge in [0.05, 0.1) is 6.26 Å². The minimum absolute atomic E-state index is 0.321. The van der Waals surface area contributed by atoms with E-state index in [1.165, 1.54) is 11.1 Å². The van der Waals surface area contributed by atoms with E-state index in [1.54, 1.807) is 0 Å². The zero-order valence-corrected chi connectivity index (χ0v) is 9.65. The third kappa shape index (κ3) is 3.07. The fraction of sp³-hybridized carbons (Fsp3) is 0.462. The molecule has 2 rings (SSSR count). The molecule has 1 aromatic heterocycles. The molecule has 1 aliphatic rings. The van der Waals surface area contributed by atoms with Gasteiger partial charge in [-0.05, 0) is 43.0 Å². The first-order valence-corrected chi connectivity index (χ1v) is 5.77. The van der Waals surface area contributed by atoms with Gasteiger partial charge in [0.2, 0.25) is 0 Å². The number of nitrogens with one attached hydrogen (secondary N) is 1. The fourth-order valence-corrected chi connectivity index (χ4v) is 1.78. The molecule has 0 aromatic carbocycles. The van der Waals surface area contributed by atoms with E-state index in [1.807, 2.05) is 24.7 Å². The first-order valence-electron chi connectivity index (χ1n) is 5.77. The van der Waals surface area contributed by atoms with Crippen LogP contribution in [-0.4, -0.2) is 17.6 Å². The first-order chi connectivity index (χ1) is 7.86. The van der Waals surface area contributed by atoms with Crippen LogP contribution >= 0.6 is 0 Å². The monoisotopic (exact) mass is 218 g/mol.